The van der Waals surface area contributed by atoms with Crippen LogP contribution in [0.3, 0.4) is 0 Å². The molecule has 184 valence electrons. The lowest BCUT2D eigenvalue weighted by Crippen LogP contribution is -2.35. The molecule has 8 heteroatoms. The third-order valence-corrected chi connectivity index (χ3v) is 6.46. The predicted octanol–water partition coefficient (Wildman–Crippen LogP) is 4.37. The van der Waals surface area contributed by atoms with Crippen LogP contribution in [-0.4, -0.2) is 65.9 Å². The van der Waals surface area contributed by atoms with Crippen molar-refractivity contribution in [2.75, 3.05) is 40.5 Å². The van der Waals surface area contributed by atoms with Gasteiger partial charge in [0.05, 0.1) is 31.6 Å². The standard InChI is InChI=1S/C27H31ClN4O3/c1-4-14-30-15-13-24-22(18-30)23(29-32(24)25-7-5-6-8-26(25)35-3)19-31(16-17-34-2)27(33)20-9-11-21(28)12-10-20/h4-12H,1,13-19H2,2-3H3. The molecule has 1 aliphatic rings. The van der Waals surface area contributed by atoms with Gasteiger partial charge in [-0.3, -0.25) is 9.69 Å². The maximum Gasteiger partial charge on any atom is 0.254 e. The van der Waals surface area contributed by atoms with Crippen LogP contribution in [0.25, 0.3) is 5.69 Å². The van der Waals surface area contributed by atoms with Crippen molar-refractivity contribution in [3.8, 4) is 11.4 Å². The predicted molar refractivity (Wildman–Crippen MR) is 137 cm³/mol. The number of carbonyl (C=O) groups is 1. The SMILES string of the molecule is C=CCN1CCc2c(c(CN(CCOC)C(=O)c3ccc(Cl)cc3)nn2-c2ccccc2OC)C1. The summed E-state index contributed by atoms with van der Waals surface area (Å²) in [5, 5.41) is 5.63. The van der Waals surface area contributed by atoms with E-state index in [9.17, 15) is 4.79 Å². The van der Waals surface area contributed by atoms with Gasteiger partial charge in [0.2, 0.25) is 0 Å². The zero-order valence-electron chi connectivity index (χ0n) is 20.2. The normalized spacial score (nSPS) is 13.3. The van der Waals surface area contributed by atoms with E-state index in [-0.39, 0.29) is 5.91 Å². The van der Waals surface area contributed by atoms with Crippen LogP contribution in [0.4, 0.5) is 0 Å². The Morgan fingerprint density at radius 2 is 1.97 bits per heavy atom. The minimum absolute atomic E-state index is 0.0851. The first-order chi connectivity index (χ1) is 17.0. The second-order valence-electron chi connectivity index (χ2n) is 8.46. The Balaban J connectivity index is 1.73. The number of methoxy groups -OCH3 is 2. The molecule has 35 heavy (non-hydrogen) atoms. The van der Waals surface area contributed by atoms with Gasteiger partial charge in [-0.1, -0.05) is 29.8 Å². The smallest absolute Gasteiger partial charge is 0.254 e. The van der Waals surface area contributed by atoms with Gasteiger partial charge in [-0.25, -0.2) is 4.68 Å². The summed E-state index contributed by atoms with van der Waals surface area (Å²) in [6.07, 6.45) is 2.77. The van der Waals surface area contributed by atoms with Crippen molar-refractivity contribution in [3.05, 3.63) is 88.7 Å². The molecular formula is C27H31ClN4O3. The van der Waals surface area contributed by atoms with Crippen LogP contribution < -0.4 is 4.74 Å². The van der Waals surface area contributed by atoms with E-state index in [4.69, 9.17) is 26.2 Å². The third kappa shape index (κ3) is 5.59. The van der Waals surface area contributed by atoms with Crippen molar-refractivity contribution < 1.29 is 14.3 Å². The van der Waals surface area contributed by atoms with E-state index in [0.717, 1.165) is 54.4 Å². The number of para-hydroxylation sites is 2. The average molecular weight is 495 g/mol. The van der Waals surface area contributed by atoms with E-state index in [1.54, 1.807) is 43.4 Å². The number of aromatic nitrogens is 2. The molecule has 1 aromatic heterocycles. The van der Waals surface area contributed by atoms with Crippen molar-refractivity contribution in [1.29, 1.82) is 0 Å². The van der Waals surface area contributed by atoms with E-state index in [1.807, 2.05) is 35.0 Å². The minimum atomic E-state index is -0.0851. The molecule has 0 radical (unpaired) electrons. The first-order valence-electron chi connectivity index (χ1n) is 11.7. The number of halogens is 1. The lowest BCUT2D eigenvalue weighted by atomic mass is 10.0. The zero-order valence-corrected chi connectivity index (χ0v) is 21.0. The van der Waals surface area contributed by atoms with E-state index in [1.165, 1.54) is 0 Å². The maximum absolute atomic E-state index is 13.4. The summed E-state index contributed by atoms with van der Waals surface area (Å²) < 4.78 is 12.9. The topological polar surface area (TPSA) is 59.8 Å². The molecule has 0 N–H and O–H groups in total. The molecule has 0 unspecified atom stereocenters. The van der Waals surface area contributed by atoms with Gasteiger partial charge in [0.1, 0.15) is 11.4 Å². The molecule has 0 atom stereocenters. The Hall–Kier alpha value is -3.13. The summed E-state index contributed by atoms with van der Waals surface area (Å²) in [5.74, 6) is 0.671. The second kappa shape index (κ2) is 11.5. The highest BCUT2D eigenvalue weighted by atomic mass is 35.5. The van der Waals surface area contributed by atoms with Gasteiger partial charge in [0.25, 0.3) is 5.91 Å². The summed E-state index contributed by atoms with van der Waals surface area (Å²) >= 11 is 6.03. The van der Waals surface area contributed by atoms with E-state index >= 15 is 0 Å². The van der Waals surface area contributed by atoms with Gasteiger partial charge in [0.15, 0.2) is 0 Å². The van der Waals surface area contributed by atoms with Crippen molar-refractivity contribution in [2.45, 2.75) is 19.5 Å². The quantitative estimate of drug-likeness (QED) is 0.392. The van der Waals surface area contributed by atoms with Crippen LogP contribution in [0.1, 0.15) is 27.3 Å². The van der Waals surface area contributed by atoms with Crippen molar-refractivity contribution >= 4 is 17.5 Å². The molecule has 0 bridgehead atoms. The number of rotatable bonds is 10. The monoisotopic (exact) mass is 494 g/mol. The summed E-state index contributed by atoms with van der Waals surface area (Å²) in [6.45, 7) is 7.61. The molecule has 7 nitrogen and oxygen atoms in total. The van der Waals surface area contributed by atoms with Crippen molar-refractivity contribution in [3.63, 3.8) is 0 Å². The average Bonchev–Trinajstić information content (AvgIpc) is 3.24. The lowest BCUT2D eigenvalue weighted by molar-refractivity contribution is 0.0676. The van der Waals surface area contributed by atoms with Crippen LogP contribution in [-0.2, 0) is 24.2 Å². The molecule has 0 fully saturated rings. The van der Waals surface area contributed by atoms with Crippen LogP contribution >= 0.6 is 11.6 Å². The molecule has 0 spiro atoms. The summed E-state index contributed by atoms with van der Waals surface area (Å²) in [7, 11) is 3.30. The number of hydrogen-bond donors (Lipinski definition) is 0. The van der Waals surface area contributed by atoms with Gasteiger partial charge in [0, 0.05) is 55.9 Å². The Bertz CT molecular complexity index is 1180. The summed E-state index contributed by atoms with van der Waals surface area (Å²) in [5.41, 5.74) is 4.64. The molecule has 0 saturated carbocycles. The lowest BCUT2D eigenvalue weighted by Gasteiger charge is -2.27. The number of benzene rings is 2. The van der Waals surface area contributed by atoms with Gasteiger partial charge in [-0.15, -0.1) is 6.58 Å². The molecule has 4 rings (SSSR count). The first kappa shape index (κ1) is 25.0. The van der Waals surface area contributed by atoms with Crippen molar-refractivity contribution in [2.24, 2.45) is 0 Å². The Kier molecular flexibility index (Phi) is 8.23. The van der Waals surface area contributed by atoms with Crippen LogP contribution in [0.5, 0.6) is 5.75 Å². The van der Waals surface area contributed by atoms with Crippen LogP contribution in [0.15, 0.2) is 61.2 Å². The van der Waals surface area contributed by atoms with Crippen molar-refractivity contribution in [1.82, 2.24) is 19.6 Å². The largest absolute Gasteiger partial charge is 0.494 e. The molecule has 1 amide bonds. The molecule has 3 aromatic rings. The Labute approximate surface area is 211 Å². The number of carbonyl (C=O) groups excluding carboxylic acids is 1. The Morgan fingerprint density at radius 3 is 2.69 bits per heavy atom. The summed E-state index contributed by atoms with van der Waals surface area (Å²) in [4.78, 5) is 17.6. The molecule has 1 aliphatic heterocycles. The highest BCUT2D eigenvalue weighted by Gasteiger charge is 2.28. The molecule has 2 aromatic carbocycles. The second-order valence-corrected chi connectivity index (χ2v) is 8.89. The maximum atomic E-state index is 13.4. The van der Waals surface area contributed by atoms with E-state index in [2.05, 4.69) is 11.5 Å². The fourth-order valence-corrected chi connectivity index (χ4v) is 4.55. The number of nitrogens with zero attached hydrogens (tertiary/aromatic N) is 4. The van der Waals surface area contributed by atoms with Gasteiger partial charge >= 0.3 is 0 Å². The minimum Gasteiger partial charge on any atom is -0.494 e. The molecular weight excluding hydrogens is 464 g/mol. The Morgan fingerprint density at radius 1 is 1.20 bits per heavy atom. The molecule has 2 heterocycles. The fraction of sp³-hybridized carbons (Fsp3) is 0.333. The van der Waals surface area contributed by atoms with Crippen LogP contribution in [0, 0.1) is 0 Å². The van der Waals surface area contributed by atoms with Gasteiger partial charge < -0.3 is 14.4 Å². The number of fused-ring (bicyclic) bond motifs is 1. The van der Waals surface area contributed by atoms with Crippen LogP contribution in [0.2, 0.25) is 5.02 Å². The summed E-state index contributed by atoms with van der Waals surface area (Å²) in [6, 6.07) is 14.8. The van der Waals surface area contributed by atoms with Gasteiger partial charge in [-0.2, -0.15) is 5.10 Å². The highest BCUT2D eigenvalue weighted by Crippen LogP contribution is 2.30. The highest BCUT2D eigenvalue weighted by molar-refractivity contribution is 6.30. The number of hydrogen-bond acceptors (Lipinski definition) is 5. The molecule has 0 aliphatic carbocycles. The third-order valence-electron chi connectivity index (χ3n) is 6.20. The van der Waals surface area contributed by atoms with E-state index in [0.29, 0.717) is 30.3 Å². The van der Waals surface area contributed by atoms with E-state index < -0.39 is 0 Å². The number of amides is 1. The molecule has 0 saturated heterocycles. The first-order valence-corrected chi connectivity index (χ1v) is 12.0. The van der Waals surface area contributed by atoms with Gasteiger partial charge in [-0.05, 0) is 36.4 Å². The zero-order chi connectivity index (χ0) is 24.8. The number of ether oxygens (including phenoxy) is 2. The fourth-order valence-electron chi connectivity index (χ4n) is 4.42.